The Morgan fingerprint density at radius 3 is 2.47 bits per heavy atom. The van der Waals surface area contributed by atoms with Crippen LogP contribution in [0, 0.1) is 17.0 Å². The summed E-state index contributed by atoms with van der Waals surface area (Å²) in [6.45, 7) is 1.95. The molecule has 0 atom stereocenters. The Kier molecular flexibility index (Phi) is 8.45. The summed E-state index contributed by atoms with van der Waals surface area (Å²) in [7, 11) is 0. The van der Waals surface area contributed by atoms with Crippen molar-refractivity contribution >= 4 is 23.7 Å². The Balaban J connectivity index is 1.43. The first-order valence-corrected chi connectivity index (χ1v) is 10.5. The van der Waals surface area contributed by atoms with Gasteiger partial charge in [-0.15, -0.1) is 0 Å². The minimum absolute atomic E-state index is 0.0964. The van der Waals surface area contributed by atoms with Gasteiger partial charge in [-0.05, 0) is 54.8 Å². The second kappa shape index (κ2) is 11.9. The number of nitrogens with zero attached hydrogens (tertiary/aromatic N) is 2. The molecule has 0 radical (unpaired) electrons. The highest BCUT2D eigenvalue weighted by Crippen LogP contribution is 2.20. The van der Waals surface area contributed by atoms with E-state index in [4.69, 9.17) is 4.74 Å². The summed E-state index contributed by atoms with van der Waals surface area (Å²) in [6, 6.07) is 21.0. The van der Waals surface area contributed by atoms with Gasteiger partial charge in [0.05, 0.1) is 16.7 Å². The van der Waals surface area contributed by atoms with Crippen LogP contribution in [0.5, 0.6) is 5.75 Å². The predicted molar refractivity (Wildman–Crippen MR) is 128 cm³/mol. The van der Waals surface area contributed by atoms with Gasteiger partial charge in [0, 0.05) is 18.2 Å². The first-order valence-electron chi connectivity index (χ1n) is 10.5. The van der Waals surface area contributed by atoms with E-state index in [2.05, 4.69) is 15.8 Å². The normalized spacial score (nSPS) is 10.6. The number of hydrazone groups is 1. The van der Waals surface area contributed by atoms with Crippen molar-refractivity contribution in [1.82, 2.24) is 10.7 Å². The molecule has 0 bridgehead atoms. The molecule has 34 heavy (non-hydrogen) atoms. The quantitative estimate of drug-likeness (QED) is 0.273. The molecule has 3 rings (SSSR count). The van der Waals surface area contributed by atoms with Crippen LogP contribution < -0.4 is 15.5 Å². The smallest absolute Gasteiger partial charge is 0.273 e. The van der Waals surface area contributed by atoms with Crippen molar-refractivity contribution in [3.05, 3.63) is 105 Å². The molecule has 0 aliphatic carbocycles. The standard InChI is InChI=1S/C25H24N4O5/c1-18-22(8-5-9-23(18)29(32)33)25(31)28-27-16-20-10-12-21(13-11-20)34-17-24(30)26-15-14-19-6-3-2-4-7-19/h2-13,16H,14-15,17H2,1H3,(H,26,30)(H,28,31)/b27-16-. The van der Waals surface area contributed by atoms with Crippen LogP contribution in [0.4, 0.5) is 5.69 Å². The molecule has 0 saturated carbocycles. The van der Waals surface area contributed by atoms with Crippen molar-refractivity contribution < 1.29 is 19.2 Å². The lowest BCUT2D eigenvalue weighted by molar-refractivity contribution is -0.385. The van der Waals surface area contributed by atoms with E-state index in [1.54, 1.807) is 24.3 Å². The zero-order valence-electron chi connectivity index (χ0n) is 18.6. The molecule has 3 aromatic rings. The molecule has 0 aliphatic rings. The first-order chi connectivity index (χ1) is 16.4. The molecule has 0 heterocycles. The Morgan fingerprint density at radius 2 is 1.76 bits per heavy atom. The predicted octanol–water partition coefficient (Wildman–Crippen LogP) is 3.40. The number of ether oxygens (including phenoxy) is 1. The van der Waals surface area contributed by atoms with E-state index >= 15 is 0 Å². The van der Waals surface area contributed by atoms with Gasteiger partial charge < -0.3 is 10.1 Å². The van der Waals surface area contributed by atoms with Gasteiger partial charge in [-0.3, -0.25) is 19.7 Å². The van der Waals surface area contributed by atoms with Gasteiger partial charge in [-0.25, -0.2) is 5.43 Å². The fourth-order valence-electron chi connectivity index (χ4n) is 3.13. The molecular formula is C25H24N4O5. The van der Waals surface area contributed by atoms with Gasteiger partial charge in [0.25, 0.3) is 17.5 Å². The van der Waals surface area contributed by atoms with E-state index in [0.29, 0.717) is 17.9 Å². The zero-order chi connectivity index (χ0) is 24.3. The van der Waals surface area contributed by atoms with E-state index in [1.807, 2.05) is 30.3 Å². The number of rotatable bonds is 10. The Morgan fingerprint density at radius 1 is 1.03 bits per heavy atom. The summed E-state index contributed by atoms with van der Waals surface area (Å²) in [5, 5.41) is 17.7. The van der Waals surface area contributed by atoms with Gasteiger partial charge in [0.15, 0.2) is 6.61 Å². The Labute approximate surface area is 196 Å². The number of hydrogen-bond donors (Lipinski definition) is 2. The maximum Gasteiger partial charge on any atom is 0.273 e. The number of hydrogen-bond acceptors (Lipinski definition) is 6. The van der Waals surface area contributed by atoms with Gasteiger partial charge in [-0.1, -0.05) is 36.4 Å². The van der Waals surface area contributed by atoms with Gasteiger partial charge in [0.1, 0.15) is 5.75 Å². The monoisotopic (exact) mass is 460 g/mol. The third kappa shape index (κ3) is 6.99. The molecule has 0 spiro atoms. The first kappa shape index (κ1) is 24.1. The van der Waals surface area contributed by atoms with Crippen molar-refractivity contribution in [3.8, 4) is 5.75 Å². The zero-order valence-corrected chi connectivity index (χ0v) is 18.6. The molecule has 0 aliphatic heterocycles. The van der Waals surface area contributed by atoms with E-state index < -0.39 is 10.8 Å². The molecule has 0 saturated heterocycles. The third-order valence-electron chi connectivity index (χ3n) is 4.95. The van der Waals surface area contributed by atoms with Gasteiger partial charge in [0.2, 0.25) is 0 Å². The highest BCUT2D eigenvalue weighted by Gasteiger charge is 2.17. The van der Waals surface area contributed by atoms with E-state index in [-0.39, 0.29) is 29.3 Å². The molecule has 9 nitrogen and oxygen atoms in total. The van der Waals surface area contributed by atoms with Crippen LogP contribution in [-0.2, 0) is 11.2 Å². The lowest BCUT2D eigenvalue weighted by Gasteiger charge is -2.08. The maximum absolute atomic E-state index is 12.3. The van der Waals surface area contributed by atoms with Crippen LogP contribution in [0.2, 0.25) is 0 Å². The number of benzene rings is 3. The highest BCUT2D eigenvalue weighted by molar-refractivity contribution is 5.97. The van der Waals surface area contributed by atoms with Crippen LogP contribution >= 0.6 is 0 Å². The topological polar surface area (TPSA) is 123 Å². The second-order valence-electron chi connectivity index (χ2n) is 7.35. The Bertz CT molecular complexity index is 1180. The van der Waals surface area contributed by atoms with E-state index in [9.17, 15) is 19.7 Å². The minimum atomic E-state index is -0.546. The number of amides is 2. The van der Waals surface area contributed by atoms with Crippen molar-refractivity contribution in [2.24, 2.45) is 5.10 Å². The van der Waals surface area contributed by atoms with Crippen LogP contribution in [0.3, 0.4) is 0 Å². The highest BCUT2D eigenvalue weighted by atomic mass is 16.6. The summed E-state index contributed by atoms with van der Waals surface area (Å²) < 4.78 is 5.49. The van der Waals surface area contributed by atoms with Crippen LogP contribution in [-0.4, -0.2) is 36.1 Å². The van der Waals surface area contributed by atoms with Crippen LogP contribution in [0.25, 0.3) is 0 Å². The number of nitrogens with one attached hydrogen (secondary N) is 2. The molecule has 9 heteroatoms. The van der Waals surface area contributed by atoms with Crippen LogP contribution in [0.15, 0.2) is 77.9 Å². The number of nitro groups is 1. The lowest BCUT2D eigenvalue weighted by atomic mass is 10.1. The average molecular weight is 460 g/mol. The molecule has 174 valence electrons. The molecule has 0 unspecified atom stereocenters. The SMILES string of the molecule is Cc1c(C(=O)N/N=C\c2ccc(OCC(=O)NCCc3ccccc3)cc2)cccc1[N+](=O)[O-]. The van der Waals surface area contributed by atoms with E-state index in [1.165, 1.54) is 31.3 Å². The number of carbonyl (C=O) groups excluding carboxylic acids is 2. The summed E-state index contributed by atoms with van der Waals surface area (Å²) in [6.07, 6.45) is 2.18. The molecule has 3 aromatic carbocycles. The number of carbonyl (C=O) groups is 2. The fourth-order valence-corrected chi connectivity index (χ4v) is 3.13. The minimum Gasteiger partial charge on any atom is -0.484 e. The van der Waals surface area contributed by atoms with Gasteiger partial charge in [-0.2, -0.15) is 5.10 Å². The molecule has 2 amide bonds. The number of nitro benzene ring substituents is 1. The maximum atomic E-state index is 12.3. The van der Waals surface area contributed by atoms with Crippen LogP contribution in [0.1, 0.15) is 27.0 Å². The summed E-state index contributed by atoms with van der Waals surface area (Å²) in [5.41, 5.74) is 4.52. The van der Waals surface area contributed by atoms with Crippen molar-refractivity contribution in [3.63, 3.8) is 0 Å². The van der Waals surface area contributed by atoms with Gasteiger partial charge >= 0.3 is 0 Å². The lowest BCUT2D eigenvalue weighted by Crippen LogP contribution is -2.30. The third-order valence-corrected chi connectivity index (χ3v) is 4.95. The van der Waals surface area contributed by atoms with E-state index in [0.717, 1.165) is 12.0 Å². The average Bonchev–Trinajstić information content (AvgIpc) is 2.84. The van der Waals surface area contributed by atoms with Crippen molar-refractivity contribution in [2.45, 2.75) is 13.3 Å². The van der Waals surface area contributed by atoms with Crippen molar-refractivity contribution in [1.29, 1.82) is 0 Å². The largest absolute Gasteiger partial charge is 0.484 e. The molecule has 0 aromatic heterocycles. The van der Waals surface area contributed by atoms with Crippen molar-refractivity contribution in [2.75, 3.05) is 13.2 Å². The summed E-state index contributed by atoms with van der Waals surface area (Å²) >= 11 is 0. The Hall–Kier alpha value is -4.53. The summed E-state index contributed by atoms with van der Waals surface area (Å²) in [5.74, 6) is -0.233. The fraction of sp³-hybridized carbons (Fsp3) is 0.160. The summed E-state index contributed by atoms with van der Waals surface area (Å²) in [4.78, 5) is 34.7. The second-order valence-corrected chi connectivity index (χ2v) is 7.35. The molecule has 2 N–H and O–H groups in total. The molecular weight excluding hydrogens is 436 g/mol. The molecule has 0 fully saturated rings.